The maximum absolute atomic E-state index is 4.78. The minimum atomic E-state index is 0.929. The molecule has 1 fully saturated rings. The van der Waals surface area contributed by atoms with Crippen molar-refractivity contribution in [1.82, 2.24) is 15.1 Å². The summed E-state index contributed by atoms with van der Waals surface area (Å²) in [5.74, 6) is 2.29. The molecule has 1 aromatic heterocycles. The SMILES string of the molecule is CCNC(=NCCCSC)N1CCN(Cc2cccs2)CC1. The van der Waals surface area contributed by atoms with E-state index >= 15 is 0 Å². The molecule has 124 valence electrons. The number of thioether (sulfide) groups is 1. The van der Waals surface area contributed by atoms with E-state index in [2.05, 4.69) is 45.8 Å². The first-order chi connectivity index (χ1) is 10.8. The van der Waals surface area contributed by atoms with Gasteiger partial charge in [0.05, 0.1) is 0 Å². The van der Waals surface area contributed by atoms with Crippen LogP contribution in [0.25, 0.3) is 0 Å². The molecule has 0 spiro atoms. The first kappa shape index (κ1) is 17.6. The van der Waals surface area contributed by atoms with Crippen molar-refractivity contribution in [1.29, 1.82) is 0 Å². The van der Waals surface area contributed by atoms with E-state index in [0.717, 1.165) is 58.2 Å². The molecular formula is C16H28N4S2. The lowest BCUT2D eigenvalue weighted by molar-refractivity contribution is 0.173. The van der Waals surface area contributed by atoms with Gasteiger partial charge in [-0.2, -0.15) is 11.8 Å². The molecule has 0 atom stereocenters. The third-order valence-corrected chi connectivity index (χ3v) is 5.29. The van der Waals surface area contributed by atoms with Crippen LogP contribution in [0.4, 0.5) is 0 Å². The molecule has 0 bridgehead atoms. The average Bonchev–Trinajstić information content (AvgIpc) is 3.04. The number of thiophene rings is 1. The van der Waals surface area contributed by atoms with Crippen LogP contribution >= 0.6 is 23.1 Å². The quantitative estimate of drug-likeness (QED) is 0.470. The summed E-state index contributed by atoms with van der Waals surface area (Å²) in [4.78, 5) is 11.2. The minimum Gasteiger partial charge on any atom is -0.357 e. The number of nitrogens with one attached hydrogen (secondary N) is 1. The number of guanidine groups is 1. The molecule has 1 aromatic rings. The molecule has 1 N–H and O–H groups in total. The molecule has 1 aliphatic heterocycles. The Morgan fingerprint density at radius 2 is 2.18 bits per heavy atom. The third kappa shape index (κ3) is 5.82. The molecule has 0 aromatic carbocycles. The van der Waals surface area contributed by atoms with E-state index in [1.54, 1.807) is 0 Å². The van der Waals surface area contributed by atoms with E-state index in [1.807, 2.05) is 23.1 Å². The second-order valence-electron chi connectivity index (χ2n) is 5.42. The van der Waals surface area contributed by atoms with Crippen molar-refractivity contribution in [2.45, 2.75) is 19.9 Å². The summed E-state index contributed by atoms with van der Waals surface area (Å²) in [5.41, 5.74) is 0. The average molecular weight is 341 g/mol. The lowest BCUT2D eigenvalue weighted by Crippen LogP contribution is -2.52. The Morgan fingerprint density at radius 3 is 2.82 bits per heavy atom. The summed E-state index contributed by atoms with van der Waals surface area (Å²) < 4.78 is 0. The predicted molar refractivity (Wildman–Crippen MR) is 100 cm³/mol. The number of hydrogen-bond acceptors (Lipinski definition) is 4. The van der Waals surface area contributed by atoms with Gasteiger partial charge in [-0.15, -0.1) is 11.3 Å². The first-order valence-corrected chi connectivity index (χ1v) is 10.4. The van der Waals surface area contributed by atoms with E-state index in [4.69, 9.17) is 4.99 Å². The summed E-state index contributed by atoms with van der Waals surface area (Å²) in [6, 6.07) is 4.37. The van der Waals surface area contributed by atoms with E-state index in [1.165, 1.54) is 10.6 Å². The Morgan fingerprint density at radius 1 is 1.36 bits per heavy atom. The number of rotatable bonds is 7. The summed E-state index contributed by atoms with van der Waals surface area (Å²) in [7, 11) is 0. The highest BCUT2D eigenvalue weighted by atomic mass is 32.2. The molecule has 1 aliphatic rings. The molecule has 6 heteroatoms. The zero-order valence-electron chi connectivity index (χ0n) is 13.8. The Labute approximate surface area is 143 Å². The number of hydrogen-bond donors (Lipinski definition) is 1. The molecule has 0 amide bonds. The summed E-state index contributed by atoms with van der Waals surface area (Å²) in [6.45, 7) is 9.48. The Kier molecular flexibility index (Phi) is 8.12. The van der Waals surface area contributed by atoms with Crippen LogP contribution in [-0.4, -0.2) is 67.0 Å². The number of nitrogens with zero attached hydrogens (tertiary/aromatic N) is 3. The maximum Gasteiger partial charge on any atom is 0.194 e. The van der Waals surface area contributed by atoms with E-state index in [-0.39, 0.29) is 0 Å². The van der Waals surface area contributed by atoms with E-state index in [9.17, 15) is 0 Å². The highest BCUT2D eigenvalue weighted by Crippen LogP contribution is 2.13. The van der Waals surface area contributed by atoms with Crippen molar-refractivity contribution >= 4 is 29.1 Å². The summed E-state index contributed by atoms with van der Waals surface area (Å²) in [6.07, 6.45) is 3.32. The maximum atomic E-state index is 4.78. The highest BCUT2D eigenvalue weighted by Gasteiger charge is 2.19. The van der Waals surface area contributed by atoms with Crippen LogP contribution in [0.1, 0.15) is 18.2 Å². The van der Waals surface area contributed by atoms with Gasteiger partial charge < -0.3 is 10.2 Å². The second-order valence-corrected chi connectivity index (χ2v) is 7.44. The van der Waals surface area contributed by atoms with Crippen LogP contribution in [-0.2, 0) is 6.54 Å². The first-order valence-electron chi connectivity index (χ1n) is 8.10. The molecule has 1 saturated heterocycles. The van der Waals surface area contributed by atoms with E-state index < -0.39 is 0 Å². The molecule has 0 radical (unpaired) electrons. The molecule has 2 heterocycles. The monoisotopic (exact) mass is 340 g/mol. The largest absolute Gasteiger partial charge is 0.357 e. The van der Waals surface area contributed by atoms with Gasteiger partial charge in [-0.25, -0.2) is 0 Å². The van der Waals surface area contributed by atoms with Crippen LogP contribution in [0.3, 0.4) is 0 Å². The Hall–Kier alpha value is -0.720. The smallest absolute Gasteiger partial charge is 0.194 e. The fourth-order valence-corrected chi connectivity index (χ4v) is 3.72. The second kappa shape index (κ2) is 10.1. The highest BCUT2D eigenvalue weighted by molar-refractivity contribution is 7.98. The van der Waals surface area contributed by atoms with Crippen molar-refractivity contribution in [2.75, 3.05) is 51.3 Å². The standard InChI is InChI=1S/C16H28N4S2/c1-3-17-16(18-7-5-12-21-2)20-10-8-19(9-11-20)14-15-6-4-13-22-15/h4,6,13H,3,5,7-12,14H2,1-2H3,(H,17,18). The lowest BCUT2D eigenvalue weighted by Gasteiger charge is -2.36. The van der Waals surface area contributed by atoms with Gasteiger partial charge >= 0.3 is 0 Å². The molecule has 2 rings (SSSR count). The lowest BCUT2D eigenvalue weighted by atomic mass is 10.3. The summed E-state index contributed by atoms with van der Waals surface area (Å²) >= 11 is 3.75. The Bertz CT molecular complexity index is 425. The normalized spacial score (nSPS) is 17.0. The van der Waals surface area contributed by atoms with Gasteiger partial charge in [0.1, 0.15) is 0 Å². The van der Waals surface area contributed by atoms with Crippen LogP contribution in [0.15, 0.2) is 22.5 Å². The topological polar surface area (TPSA) is 30.9 Å². The van der Waals surface area contributed by atoms with Gasteiger partial charge in [-0.05, 0) is 36.8 Å². The van der Waals surface area contributed by atoms with Gasteiger partial charge in [0, 0.05) is 50.7 Å². The van der Waals surface area contributed by atoms with Gasteiger partial charge in [-0.1, -0.05) is 6.07 Å². The predicted octanol–water partition coefficient (Wildman–Crippen LogP) is 2.58. The van der Waals surface area contributed by atoms with Gasteiger partial charge in [0.15, 0.2) is 5.96 Å². The zero-order chi connectivity index (χ0) is 15.6. The van der Waals surface area contributed by atoms with E-state index in [0.29, 0.717) is 0 Å². The van der Waals surface area contributed by atoms with Gasteiger partial charge in [0.25, 0.3) is 0 Å². The summed E-state index contributed by atoms with van der Waals surface area (Å²) in [5, 5.41) is 5.61. The van der Waals surface area contributed by atoms with Crippen LogP contribution in [0, 0.1) is 0 Å². The van der Waals surface area contributed by atoms with Gasteiger partial charge in [-0.3, -0.25) is 9.89 Å². The van der Waals surface area contributed by atoms with Crippen LogP contribution in [0.5, 0.6) is 0 Å². The fraction of sp³-hybridized carbons (Fsp3) is 0.688. The molecule has 0 saturated carbocycles. The molecule has 0 unspecified atom stereocenters. The van der Waals surface area contributed by atoms with Crippen LogP contribution < -0.4 is 5.32 Å². The molecular weight excluding hydrogens is 312 g/mol. The van der Waals surface area contributed by atoms with Crippen molar-refractivity contribution < 1.29 is 0 Å². The minimum absolute atomic E-state index is 0.929. The van der Waals surface area contributed by atoms with Gasteiger partial charge in [0.2, 0.25) is 0 Å². The number of piperazine rings is 1. The zero-order valence-corrected chi connectivity index (χ0v) is 15.4. The molecule has 4 nitrogen and oxygen atoms in total. The van der Waals surface area contributed by atoms with Crippen molar-refractivity contribution in [2.24, 2.45) is 4.99 Å². The van der Waals surface area contributed by atoms with Crippen molar-refractivity contribution in [3.05, 3.63) is 22.4 Å². The number of aliphatic imine (C=N–C) groups is 1. The third-order valence-electron chi connectivity index (χ3n) is 3.73. The molecule has 22 heavy (non-hydrogen) atoms. The fourth-order valence-electron chi connectivity index (χ4n) is 2.56. The Balaban J connectivity index is 1.79. The van der Waals surface area contributed by atoms with Crippen molar-refractivity contribution in [3.8, 4) is 0 Å². The van der Waals surface area contributed by atoms with Crippen molar-refractivity contribution in [3.63, 3.8) is 0 Å². The molecule has 0 aliphatic carbocycles. The van der Waals surface area contributed by atoms with Crippen LogP contribution in [0.2, 0.25) is 0 Å².